The molecule has 5 heteroatoms. The minimum Gasteiger partial charge on any atom is -0.313 e. The Morgan fingerprint density at radius 2 is 1.95 bits per heavy atom. The quantitative estimate of drug-likeness (QED) is 0.777. The van der Waals surface area contributed by atoms with Crippen LogP contribution < -0.4 is 5.56 Å². The first-order chi connectivity index (χ1) is 9.25. The Hall–Kier alpha value is -2.14. The molecule has 0 spiro atoms. The number of nitrogens with zero attached hydrogens (tertiary/aromatic N) is 2. The lowest BCUT2D eigenvalue weighted by molar-refractivity contribution is 1.15. The molecule has 0 unspecified atom stereocenters. The number of rotatable bonds is 2. The highest BCUT2D eigenvalue weighted by Gasteiger charge is 2.10. The Morgan fingerprint density at radius 1 is 1.16 bits per heavy atom. The van der Waals surface area contributed by atoms with Crippen molar-refractivity contribution in [3.05, 3.63) is 58.9 Å². The molecule has 0 atom stereocenters. The molecule has 0 fully saturated rings. The molecule has 0 bridgehead atoms. The van der Waals surface area contributed by atoms with Gasteiger partial charge in [0.25, 0.3) is 5.56 Å². The summed E-state index contributed by atoms with van der Waals surface area (Å²) < 4.78 is 0. The van der Waals surface area contributed by atoms with Gasteiger partial charge in [-0.1, -0.05) is 17.8 Å². The zero-order valence-electron chi connectivity index (χ0n) is 10.3. The van der Waals surface area contributed by atoms with Gasteiger partial charge in [0.2, 0.25) is 0 Å². The van der Waals surface area contributed by atoms with Crippen molar-refractivity contribution < 1.29 is 0 Å². The van der Waals surface area contributed by atoms with Crippen LogP contribution in [0.3, 0.4) is 0 Å². The molecular weight excluding hydrogens is 258 g/mol. The highest BCUT2D eigenvalue weighted by atomic mass is 32.2. The normalized spacial score (nSPS) is 10.8. The molecule has 0 aliphatic rings. The van der Waals surface area contributed by atoms with E-state index in [1.165, 1.54) is 6.33 Å². The van der Waals surface area contributed by atoms with Crippen molar-refractivity contribution in [3.63, 3.8) is 0 Å². The van der Waals surface area contributed by atoms with E-state index in [-0.39, 0.29) is 5.56 Å². The molecule has 1 N–H and O–H groups in total. The van der Waals surface area contributed by atoms with Crippen LogP contribution in [0.25, 0.3) is 10.9 Å². The van der Waals surface area contributed by atoms with Crippen LogP contribution in [0.4, 0.5) is 0 Å². The number of aryl methyl sites for hydroxylation is 1. The van der Waals surface area contributed by atoms with Crippen molar-refractivity contribution in [3.8, 4) is 0 Å². The zero-order chi connectivity index (χ0) is 13.2. The predicted molar refractivity (Wildman–Crippen MR) is 75.5 cm³/mol. The zero-order valence-corrected chi connectivity index (χ0v) is 11.1. The molecule has 2 heterocycles. The third kappa shape index (κ3) is 2.24. The predicted octanol–water partition coefficient (Wildman–Crippen LogP) is 2.78. The van der Waals surface area contributed by atoms with E-state index in [1.807, 2.05) is 31.2 Å². The van der Waals surface area contributed by atoms with Gasteiger partial charge in [-0.05, 0) is 30.7 Å². The van der Waals surface area contributed by atoms with E-state index in [0.717, 1.165) is 15.4 Å². The van der Waals surface area contributed by atoms with E-state index in [9.17, 15) is 4.79 Å². The standard InChI is InChI=1S/C14H11N3OS/c1-9-2-3-11-12(14(18)17-8-16-11)13(9)19-10-4-6-15-7-5-10/h2-8H,1H3,(H,16,17,18). The number of benzene rings is 1. The number of fused-ring (bicyclic) bond motifs is 1. The van der Waals surface area contributed by atoms with Crippen molar-refractivity contribution in [2.75, 3.05) is 0 Å². The molecule has 0 saturated carbocycles. The second kappa shape index (κ2) is 4.85. The highest BCUT2D eigenvalue weighted by molar-refractivity contribution is 7.99. The maximum atomic E-state index is 12.0. The fourth-order valence-corrected chi connectivity index (χ4v) is 2.91. The Labute approximate surface area is 113 Å². The van der Waals surface area contributed by atoms with E-state index in [1.54, 1.807) is 24.2 Å². The van der Waals surface area contributed by atoms with E-state index in [0.29, 0.717) is 10.9 Å². The van der Waals surface area contributed by atoms with Crippen LogP contribution in [0.2, 0.25) is 0 Å². The van der Waals surface area contributed by atoms with Crippen molar-refractivity contribution in [1.29, 1.82) is 0 Å². The number of nitrogens with one attached hydrogen (secondary N) is 1. The Morgan fingerprint density at radius 3 is 2.74 bits per heavy atom. The number of hydrogen-bond acceptors (Lipinski definition) is 4. The van der Waals surface area contributed by atoms with Crippen LogP contribution in [0.1, 0.15) is 5.56 Å². The summed E-state index contributed by atoms with van der Waals surface area (Å²) in [5.41, 5.74) is 1.67. The van der Waals surface area contributed by atoms with Crippen molar-refractivity contribution in [2.45, 2.75) is 16.7 Å². The van der Waals surface area contributed by atoms with E-state index < -0.39 is 0 Å². The van der Waals surface area contributed by atoms with Gasteiger partial charge in [0.15, 0.2) is 0 Å². The van der Waals surface area contributed by atoms with Gasteiger partial charge in [-0.15, -0.1) is 0 Å². The van der Waals surface area contributed by atoms with Gasteiger partial charge in [-0.25, -0.2) is 4.98 Å². The molecule has 3 aromatic rings. The number of pyridine rings is 1. The van der Waals surface area contributed by atoms with Crippen molar-refractivity contribution in [1.82, 2.24) is 15.0 Å². The number of hydrogen-bond donors (Lipinski definition) is 1. The maximum absolute atomic E-state index is 12.0. The molecule has 94 valence electrons. The molecule has 0 aliphatic carbocycles. The van der Waals surface area contributed by atoms with Crippen LogP contribution in [0, 0.1) is 6.92 Å². The molecule has 1 aromatic carbocycles. The molecule has 0 saturated heterocycles. The topological polar surface area (TPSA) is 58.6 Å². The molecule has 0 radical (unpaired) electrons. The second-order valence-electron chi connectivity index (χ2n) is 4.12. The lowest BCUT2D eigenvalue weighted by atomic mass is 10.2. The summed E-state index contributed by atoms with van der Waals surface area (Å²) in [7, 11) is 0. The van der Waals surface area contributed by atoms with E-state index >= 15 is 0 Å². The van der Waals surface area contributed by atoms with E-state index in [2.05, 4.69) is 15.0 Å². The first-order valence-corrected chi connectivity index (χ1v) is 6.62. The summed E-state index contributed by atoms with van der Waals surface area (Å²) in [6.07, 6.45) is 4.91. The summed E-state index contributed by atoms with van der Waals surface area (Å²) in [5, 5.41) is 0.643. The average Bonchev–Trinajstić information content (AvgIpc) is 2.43. The SMILES string of the molecule is Cc1ccc2nc[nH]c(=O)c2c1Sc1ccncc1. The Bertz CT molecular complexity index is 784. The summed E-state index contributed by atoms with van der Waals surface area (Å²) >= 11 is 1.56. The van der Waals surface area contributed by atoms with Crippen LogP contribution in [0.5, 0.6) is 0 Å². The molecular formula is C14H11N3OS. The molecule has 3 rings (SSSR count). The molecule has 4 nitrogen and oxygen atoms in total. The van der Waals surface area contributed by atoms with E-state index in [4.69, 9.17) is 0 Å². The molecule has 0 aliphatic heterocycles. The second-order valence-corrected chi connectivity index (χ2v) is 5.21. The maximum Gasteiger partial charge on any atom is 0.259 e. The Balaban J connectivity index is 2.22. The summed E-state index contributed by atoms with van der Waals surface area (Å²) in [5.74, 6) is 0. The number of aromatic nitrogens is 3. The summed E-state index contributed by atoms with van der Waals surface area (Å²) in [6.45, 7) is 2.00. The van der Waals surface area contributed by atoms with Crippen LogP contribution in [-0.2, 0) is 0 Å². The first-order valence-electron chi connectivity index (χ1n) is 5.80. The van der Waals surface area contributed by atoms with Crippen molar-refractivity contribution in [2.24, 2.45) is 0 Å². The third-order valence-electron chi connectivity index (χ3n) is 2.83. The van der Waals surface area contributed by atoms with Crippen molar-refractivity contribution >= 4 is 22.7 Å². The van der Waals surface area contributed by atoms with Gasteiger partial charge in [0, 0.05) is 22.2 Å². The summed E-state index contributed by atoms with van der Waals surface area (Å²) in [6, 6.07) is 7.70. The molecule has 0 amide bonds. The minimum absolute atomic E-state index is 0.106. The lowest BCUT2D eigenvalue weighted by Crippen LogP contribution is -2.08. The third-order valence-corrected chi connectivity index (χ3v) is 4.07. The van der Waals surface area contributed by atoms with Gasteiger partial charge in [-0.2, -0.15) is 0 Å². The Kier molecular flexibility index (Phi) is 3.05. The van der Waals surface area contributed by atoms with Crippen LogP contribution >= 0.6 is 11.8 Å². The average molecular weight is 269 g/mol. The van der Waals surface area contributed by atoms with Gasteiger partial charge >= 0.3 is 0 Å². The van der Waals surface area contributed by atoms with Gasteiger partial charge in [0.05, 0.1) is 17.2 Å². The van der Waals surface area contributed by atoms with Crippen LogP contribution in [0.15, 0.2) is 57.6 Å². The van der Waals surface area contributed by atoms with Crippen LogP contribution in [-0.4, -0.2) is 15.0 Å². The monoisotopic (exact) mass is 269 g/mol. The first kappa shape index (κ1) is 11.9. The highest BCUT2D eigenvalue weighted by Crippen LogP contribution is 2.33. The number of aromatic amines is 1. The minimum atomic E-state index is -0.106. The fourth-order valence-electron chi connectivity index (χ4n) is 1.89. The van der Waals surface area contributed by atoms with Gasteiger partial charge in [0.1, 0.15) is 0 Å². The molecule has 19 heavy (non-hydrogen) atoms. The largest absolute Gasteiger partial charge is 0.313 e. The molecule has 2 aromatic heterocycles. The van der Waals surface area contributed by atoms with Gasteiger partial charge in [-0.3, -0.25) is 9.78 Å². The smallest absolute Gasteiger partial charge is 0.259 e. The summed E-state index contributed by atoms with van der Waals surface area (Å²) in [4.78, 5) is 24.8. The number of H-pyrrole nitrogens is 1. The fraction of sp³-hybridized carbons (Fsp3) is 0.0714. The lowest BCUT2D eigenvalue weighted by Gasteiger charge is -2.08. The van der Waals surface area contributed by atoms with Gasteiger partial charge < -0.3 is 4.98 Å².